The second-order valence-electron chi connectivity index (χ2n) is 3.75. The molecule has 0 unspecified atom stereocenters. The van der Waals surface area contributed by atoms with Crippen LogP contribution in [0.3, 0.4) is 0 Å². The summed E-state index contributed by atoms with van der Waals surface area (Å²) < 4.78 is 0.945. The maximum Gasteiger partial charge on any atom is 0.224 e. The van der Waals surface area contributed by atoms with Gasteiger partial charge in [0.1, 0.15) is 0 Å². The van der Waals surface area contributed by atoms with Crippen LogP contribution in [0.2, 0.25) is 5.02 Å². The quantitative estimate of drug-likeness (QED) is 0.910. The standard InChI is InChI=1S/C11H11BrClNO/c12-8-1-4-10(13)7(5-8)6-11(15)14-9-2-3-9/h1,4-5,9H,2-3,6H2,(H,14,15). The van der Waals surface area contributed by atoms with Gasteiger partial charge in [-0.2, -0.15) is 0 Å². The fraction of sp³-hybridized carbons (Fsp3) is 0.364. The summed E-state index contributed by atoms with van der Waals surface area (Å²) in [7, 11) is 0. The van der Waals surface area contributed by atoms with E-state index in [9.17, 15) is 4.79 Å². The van der Waals surface area contributed by atoms with Crippen LogP contribution >= 0.6 is 27.5 Å². The SMILES string of the molecule is O=C(Cc1cc(Br)ccc1Cl)NC1CC1. The number of rotatable bonds is 3. The molecule has 2 nitrogen and oxygen atoms in total. The maximum absolute atomic E-state index is 11.5. The Morgan fingerprint density at radius 2 is 2.27 bits per heavy atom. The van der Waals surface area contributed by atoms with Gasteiger partial charge in [0.25, 0.3) is 0 Å². The van der Waals surface area contributed by atoms with Gasteiger partial charge in [-0.25, -0.2) is 0 Å². The van der Waals surface area contributed by atoms with E-state index in [1.807, 2.05) is 12.1 Å². The molecule has 0 heterocycles. The summed E-state index contributed by atoms with van der Waals surface area (Å²) in [6.07, 6.45) is 2.57. The van der Waals surface area contributed by atoms with E-state index in [4.69, 9.17) is 11.6 Å². The zero-order valence-electron chi connectivity index (χ0n) is 8.09. The van der Waals surface area contributed by atoms with Crippen LogP contribution in [0.4, 0.5) is 0 Å². The van der Waals surface area contributed by atoms with Crippen molar-refractivity contribution in [2.45, 2.75) is 25.3 Å². The molecule has 1 aliphatic rings. The van der Waals surface area contributed by atoms with Gasteiger partial charge < -0.3 is 5.32 Å². The topological polar surface area (TPSA) is 29.1 Å². The molecule has 15 heavy (non-hydrogen) atoms. The lowest BCUT2D eigenvalue weighted by molar-refractivity contribution is -0.120. The number of hydrogen-bond acceptors (Lipinski definition) is 1. The van der Waals surface area contributed by atoms with Crippen molar-refractivity contribution in [2.24, 2.45) is 0 Å². The molecule has 80 valence electrons. The third-order valence-corrected chi connectivity index (χ3v) is 3.16. The molecule has 0 saturated heterocycles. The van der Waals surface area contributed by atoms with Crippen LogP contribution in [0, 0.1) is 0 Å². The normalized spacial score (nSPS) is 15.1. The Bertz CT molecular complexity index is 390. The molecule has 0 radical (unpaired) electrons. The predicted molar refractivity (Wildman–Crippen MR) is 64.0 cm³/mol. The summed E-state index contributed by atoms with van der Waals surface area (Å²) in [6.45, 7) is 0. The predicted octanol–water partition coefficient (Wildman–Crippen LogP) is 2.92. The molecule has 1 N–H and O–H groups in total. The lowest BCUT2D eigenvalue weighted by Gasteiger charge is -2.05. The van der Waals surface area contributed by atoms with Gasteiger partial charge >= 0.3 is 0 Å². The van der Waals surface area contributed by atoms with Gasteiger partial charge in [0.15, 0.2) is 0 Å². The van der Waals surface area contributed by atoms with Crippen LogP contribution in [0.1, 0.15) is 18.4 Å². The number of carbonyl (C=O) groups is 1. The second-order valence-corrected chi connectivity index (χ2v) is 5.08. The highest BCUT2D eigenvalue weighted by molar-refractivity contribution is 9.10. The molecular formula is C11H11BrClNO. The molecule has 1 saturated carbocycles. The molecule has 1 aromatic rings. The van der Waals surface area contributed by atoms with Crippen molar-refractivity contribution >= 4 is 33.4 Å². The van der Waals surface area contributed by atoms with E-state index in [2.05, 4.69) is 21.2 Å². The van der Waals surface area contributed by atoms with Crippen LogP contribution in [0.15, 0.2) is 22.7 Å². The Morgan fingerprint density at radius 3 is 2.93 bits per heavy atom. The molecule has 4 heteroatoms. The monoisotopic (exact) mass is 287 g/mol. The van der Waals surface area contributed by atoms with Crippen molar-refractivity contribution < 1.29 is 4.79 Å². The van der Waals surface area contributed by atoms with Gasteiger partial charge in [0, 0.05) is 15.5 Å². The van der Waals surface area contributed by atoms with Crippen molar-refractivity contribution in [1.29, 1.82) is 0 Å². The third-order valence-electron chi connectivity index (χ3n) is 2.30. The smallest absolute Gasteiger partial charge is 0.224 e. The first-order valence-electron chi connectivity index (χ1n) is 4.88. The average molecular weight is 289 g/mol. The van der Waals surface area contributed by atoms with Gasteiger partial charge in [0.05, 0.1) is 6.42 Å². The number of nitrogens with one attached hydrogen (secondary N) is 1. The van der Waals surface area contributed by atoms with Crippen LogP contribution in [-0.4, -0.2) is 11.9 Å². The number of benzene rings is 1. The Balaban J connectivity index is 2.01. The molecule has 1 fully saturated rings. The molecule has 0 spiro atoms. The van der Waals surface area contributed by atoms with Crippen molar-refractivity contribution in [3.05, 3.63) is 33.3 Å². The molecule has 0 aromatic heterocycles. The van der Waals surface area contributed by atoms with Crippen molar-refractivity contribution in [1.82, 2.24) is 5.32 Å². The first-order chi connectivity index (χ1) is 7.15. The molecule has 1 amide bonds. The lowest BCUT2D eigenvalue weighted by Crippen LogP contribution is -2.27. The van der Waals surface area contributed by atoms with Gasteiger partial charge in [-0.1, -0.05) is 27.5 Å². The molecular weight excluding hydrogens is 277 g/mol. The first-order valence-corrected chi connectivity index (χ1v) is 6.05. The Morgan fingerprint density at radius 1 is 1.53 bits per heavy atom. The largest absolute Gasteiger partial charge is 0.353 e. The number of halogens is 2. The highest BCUT2D eigenvalue weighted by Crippen LogP contribution is 2.22. The Hall–Kier alpha value is -0.540. The summed E-state index contributed by atoms with van der Waals surface area (Å²) in [4.78, 5) is 11.5. The number of carbonyl (C=O) groups excluding carboxylic acids is 1. The van der Waals surface area contributed by atoms with E-state index >= 15 is 0 Å². The lowest BCUT2D eigenvalue weighted by atomic mass is 10.1. The van der Waals surface area contributed by atoms with E-state index in [-0.39, 0.29) is 5.91 Å². The minimum absolute atomic E-state index is 0.0532. The molecule has 1 aromatic carbocycles. The summed E-state index contributed by atoms with van der Waals surface area (Å²) in [5.41, 5.74) is 0.865. The Labute approximate surface area is 102 Å². The summed E-state index contributed by atoms with van der Waals surface area (Å²) in [6, 6.07) is 5.95. The minimum atomic E-state index is 0.0532. The number of amides is 1. The molecule has 2 rings (SSSR count). The number of hydrogen-bond donors (Lipinski definition) is 1. The summed E-state index contributed by atoms with van der Waals surface area (Å²) in [5, 5.41) is 3.58. The van der Waals surface area contributed by atoms with E-state index in [1.54, 1.807) is 6.07 Å². The molecule has 0 atom stereocenters. The summed E-state index contributed by atoms with van der Waals surface area (Å²) >= 11 is 9.35. The van der Waals surface area contributed by atoms with Crippen LogP contribution < -0.4 is 5.32 Å². The van der Waals surface area contributed by atoms with Crippen molar-refractivity contribution in [3.8, 4) is 0 Å². The van der Waals surface area contributed by atoms with Crippen molar-refractivity contribution in [3.63, 3.8) is 0 Å². The highest BCUT2D eigenvalue weighted by Gasteiger charge is 2.23. The van der Waals surface area contributed by atoms with E-state index in [1.165, 1.54) is 0 Å². The fourth-order valence-corrected chi connectivity index (χ4v) is 1.95. The third kappa shape index (κ3) is 3.21. The van der Waals surface area contributed by atoms with Crippen LogP contribution in [0.5, 0.6) is 0 Å². The van der Waals surface area contributed by atoms with Crippen LogP contribution in [-0.2, 0) is 11.2 Å². The minimum Gasteiger partial charge on any atom is -0.353 e. The molecule has 1 aliphatic carbocycles. The second kappa shape index (κ2) is 4.54. The van der Waals surface area contributed by atoms with E-state index < -0.39 is 0 Å². The fourth-order valence-electron chi connectivity index (χ4n) is 1.36. The van der Waals surface area contributed by atoms with Gasteiger partial charge in [-0.3, -0.25) is 4.79 Å². The van der Waals surface area contributed by atoms with Crippen molar-refractivity contribution in [2.75, 3.05) is 0 Å². The van der Waals surface area contributed by atoms with E-state index in [0.29, 0.717) is 17.5 Å². The summed E-state index contributed by atoms with van der Waals surface area (Å²) in [5.74, 6) is 0.0532. The highest BCUT2D eigenvalue weighted by atomic mass is 79.9. The van der Waals surface area contributed by atoms with Gasteiger partial charge in [-0.15, -0.1) is 0 Å². The first kappa shape index (κ1) is 11.0. The zero-order chi connectivity index (χ0) is 10.8. The Kier molecular flexibility index (Phi) is 3.32. The molecule has 0 aliphatic heterocycles. The van der Waals surface area contributed by atoms with Gasteiger partial charge in [-0.05, 0) is 36.6 Å². The van der Waals surface area contributed by atoms with E-state index in [0.717, 1.165) is 22.9 Å². The van der Waals surface area contributed by atoms with Crippen LogP contribution in [0.25, 0.3) is 0 Å². The maximum atomic E-state index is 11.5. The zero-order valence-corrected chi connectivity index (χ0v) is 10.4. The molecule has 0 bridgehead atoms. The van der Waals surface area contributed by atoms with Gasteiger partial charge in [0.2, 0.25) is 5.91 Å². The average Bonchev–Trinajstić information content (AvgIpc) is 2.95.